The van der Waals surface area contributed by atoms with E-state index in [2.05, 4.69) is 0 Å². The number of aliphatic carboxylic acids is 1. The highest BCUT2D eigenvalue weighted by molar-refractivity contribution is 7.99. The molecule has 1 aromatic carbocycles. The Morgan fingerprint density at radius 3 is 2.80 bits per heavy atom. The van der Waals surface area contributed by atoms with Crippen LogP contribution < -0.4 is 0 Å². The molecule has 1 atom stereocenters. The normalized spacial score (nSPS) is 18.1. The molecule has 9 heteroatoms. The maximum atomic E-state index is 12.3. The van der Waals surface area contributed by atoms with Gasteiger partial charge in [0, 0.05) is 17.9 Å². The summed E-state index contributed by atoms with van der Waals surface area (Å²) in [4.78, 5) is 34.6. The number of nitro groups is 1. The second-order valence-electron chi connectivity index (χ2n) is 4.05. The molecule has 1 N–H and O–H groups in total. The molecule has 1 heterocycles. The highest BCUT2D eigenvalue weighted by atomic mass is 35.5. The molecule has 1 saturated heterocycles. The van der Waals surface area contributed by atoms with Crippen LogP contribution in [-0.2, 0) is 4.79 Å². The zero-order valence-corrected chi connectivity index (χ0v) is 11.6. The van der Waals surface area contributed by atoms with Gasteiger partial charge in [-0.3, -0.25) is 14.9 Å². The number of carboxylic acids is 1. The Morgan fingerprint density at radius 2 is 2.20 bits per heavy atom. The summed E-state index contributed by atoms with van der Waals surface area (Å²) >= 11 is 7.18. The molecule has 1 aliphatic rings. The summed E-state index contributed by atoms with van der Waals surface area (Å²) in [5.41, 5.74) is -0.328. The molecular formula is C11H9ClN2O5S. The lowest BCUT2D eigenvalue weighted by Gasteiger charge is -2.20. The van der Waals surface area contributed by atoms with Crippen LogP contribution in [0.5, 0.6) is 0 Å². The number of halogens is 1. The molecule has 20 heavy (non-hydrogen) atoms. The van der Waals surface area contributed by atoms with Crippen LogP contribution in [-0.4, -0.2) is 44.5 Å². The molecule has 0 aliphatic carbocycles. The van der Waals surface area contributed by atoms with E-state index >= 15 is 0 Å². The zero-order valence-electron chi connectivity index (χ0n) is 9.98. The summed E-state index contributed by atoms with van der Waals surface area (Å²) in [6.07, 6.45) is 0. The van der Waals surface area contributed by atoms with Crippen LogP contribution >= 0.6 is 23.4 Å². The van der Waals surface area contributed by atoms with Gasteiger partial charge in [-0.1, -0.05) is 11.6 Å². The van der Waals surface area contributed by atoms with Crippen molar-refractivity contribution < 1.29 is 19.6 Å². The number of nitro benzene ring substituents is 1. The molecule has 0 saturated carbocycles. The first-order valence-electron chi connectivity index (χ1n) is 5.47. The van der Waals surface area contributed by atoms with Crippen molar-refractivity contribution in [3.63, 3.8) is 0 Å². The average molecular weight is 317 g/mol. The molecule has 2 rings (SSSR count). The van der Waals surface area contributed by atoms with Crippen molar-refractivity contribution in [2.24, 2.45) is 0 Å². The summed E-state index contributed by atoms with van der Waals surface area (Å²) in [7, 11) is 0. The van der Waals surface area contributed by atoms with Crippen LogP contribution in [0.2, 0.25) is 5.02 Å². The molecule has 0 spiro atoms. The summed E-state index contributed by atoms with van der Waals surface area (Å²) in [5, 5.41) is 19.8. The Kier molecular flexibility index (Phi) is 4.15. The Hall–Kier alpha value is -1.80. The first kappa shape index (κ1) is 14.6. The Labute approximate surface area is 122 Å². The summed E-state index contributed by atoms with van der Waals surface area (Å²) in [6.45, 7) is 0. The van der Waals surface area contributed by atoms with Crippen molar-refractivity contribution in [3.05, 3.63) is 38.9 Å². The van der Waals surface area contributed by atoms with Gasteiger partial charge in [0.1, 0.15) is 6.04 Å². The maximum absolute atomic E-state index is 12.3. The van der Waals surface area contributed by atoms with E-state index in [4.69, 9.17) is 16.7 Å². The SMILES string of the molecule is O=C(O)[C@@H]1CSCN1C(=O)c1cc([N+](=O)[O-])ccc1Cl. The molecule has 1 aromatic rings. The standard InChI is InChI=1S/C11H9ClN2O5S/c12-8-2-1-6(14(18)19)3-7(8)10(15)13-5-20-4-9(13)11(16)17/h1-3,9H,4-5H2,(H,16,17)/t9-/m0/s1. The fraction of sp³-hybridized carbons (Fsp3) is 0.273. The Balaban J connectivity index is 2.35. The van der Waals surface area contributed by atoms with E-state index in [1.807, 2.05) is 0 Å². The first-order chi connectivity index (χ1) is 9.41. The lowest BCUT2D eigenvalue weighted by atomic mass is 10.1. The quantitative estimate of drug-likeness (QED) is 0.674. The number of amides is 1. The first-order valence-corrected chi connectivity index (χ1v) is 7.00. The van der Waals surface area contributed by atoms with Gasteiger partial charge in [0.15, 0.2) is 0 Å². The van der Waals surface area contributed by atoms with E-state index in [1.165, 1.54) is 23.9 Å². The number of benzene rings is 1. The largest absolute Gasteiger partial charge is 0.480 e. The molecule has 7 nitrogen and oxygen atoms in total. The van der Waals surface area contributed by atoms with Crippen LogP contribution in [0.3, 0.4) is 0 Å². The molecule has 0 aromatic heterocycles. The number of non-ortho nitro benzene ring substituents is 1. The van der Waals surface area contributed by atoms with E-state index in [9.17, 15) is 19.7 Å². The average Bonchev–Trinajstić information content (AvgIpc) is 2.87. The number of hydrogen-bond acceptors (Lipinski definition) is 5. The third kappa shape index (κ3) is 2.70. The van der Waals surface area contributed by atoms with Crippen molar-refractivity contribution in [1.29, 1.82) is 0 Å². The maximum Gasteiger partial charge on any atom is 0.327 e. The van der Waals surface area contributed by atoms with Gasteiger partial charge in [0.25, 0.3) is 11.6 Å². The van der Waals surface area contributed by atoms with Crippen molar-refractivity contribution >= 4 is 40.9 Å². The minimum absolute atomic E-state index is 0.0571. The molecule has 0 unspecified atom stereocenters. The Morgan fingerprint density at radius 1 is 1.50 bits per heavy atom. The highest BCUT2D eigenvalue weighted by Gasteiger charge is 2.36. The number of rotatable bonds is 3. The van der Waals surface area contributed by atoms with Gasteiger partial charge < -0.3 is 10.0 Å². The van der Waals surface area contributed by atoms with Gasteiger partial charge >= 0.3 is 5.97 Å². The highest BCUT2D eigenvalue weighted by Crippen LogP contribution is 2.28. The van der Waals surface area contributed by atoms with E-state index in [1.54, 1.807) is 0 Å². The van der Waals surface area contributed by atoms with Gasteiger partial charge in [-0.15, -0.1) is 11.8 Å². The van der Waals surface area contributed by atoms with Gasteiger partial charge in [0.2, 0.25) is 0 Å². The summed E-state index contributed by atoms with van der Waals surface area (Å²) in [6, 6.07) is 2.56. The number of nitrogens with zero attached hydrogens (tertiary/aromatic N) is 2. The predicted molar refractivity (Wildman–Crippen MR) is 73.0 cm³/mol. The molecule has 106 valence electrons. The van der Waals surface area contributed by atoms with Gasteiger partial charge in [-0.05, 0) is 6.07 Å². The fourth-order valence-corrected chi connectivity index (χ4v) is 3.14. The van der Waals surface area contributed by atoms with Gasteiger partial charge in [0.05, 0.1) is 21.4 Å². The zero-order chi connectivity index (χ0) is 14.9. The lowest BCUT2D eigenvalue weighted by molar-refractivity contribution is -0.384. The second-order valence-corrected chi connectivity index (χ2v) is 5.46. The van der Waals surface area contributed by atoms with Crippen molar-refractivity contribution in [3.8, 4) is 0 Å². The van der Waals surface area contributed by atoms with Crippen LogP contribution in [0.25, 0.3) is 0 Å². The van der Waals surface area contributed by atoms with Crippen LogP contribution in [0.4, 0.5) is 5.69 Å². The van der Waals surface area contributed by atoms with E-state index in [0.717, 1.165) is 11.0 Å². The summed E-state index contributed by atoms with van der Waals surface area (Å²) < 4.78 is 0. The number of thioether (sulfide) groups is 1. The minimum atomic E-state index is -1.11. The van der Waals surface area contributed by atoms with E-state index in [0.29, 0.717) is 0 Å². The van der Waals surface area contributed by atoms with Crippen LogP contribution in [0.15, 0.2) is 18.2 Å². The molecule has 1 aliphatic heterocycles. The van der Waals surface area contributed by atoms with Gasteiger partial charge in [-0.2, -0.15) is 0 Å². The van der Waals surface area contributed by atoms with Crippen molar-refractivity contribution in [2.75, 3.05) is 11.6 Å². The monoisotopic (exact) mass is 316 g/mol. The third-order valence-electron chi connectivity index (χ3n) is 2.82. The van der Waals surface area contributed by atoms with Crippen molar-refractivity contribution in [2.45, 2.75) is 6.04 Å². The van der Waals surface area contributed by atoms with E-state index < -0.39 is 22.8 Å². The lowest BCUT2D eigenvalue weighted by Crippen LogP contribution is -2.41. The minimum Gasteiger partial charge on any atom is -0.480 e. The molecule has 1 amide bonds. The fourth-order valence-electron chi connectivity index (χ4n) is 1.79. The number of carboxylic acid groups (broad SMARTS) is 1. The molecular weight excluding hydrogens is 308 g/mol. The van der Waals surface area contributed by atoms with E-state index in [-0.39, 0.29) is 27.9 Å². The van der Waals surface area contributed by atoms with Crippen LogP contribution in [0.1, 0.15) is 10.4 Å². The Bertz CT molecular complexity index is 594. The summed E-state index contributed by atoms with van der Waals surface area (Å²) in [5.74, 6) is -1.22. The third-order valence-corrected chi connectivity index (χ3v) is 4.16. The van der Waals surface area contributed by atoms with Gasteiger partial charge in [-0.25, -0.2) is 4.79 Å². The molecule has 1 fully saturated rings. The van der Waals surface area contributed by atoms with Crippen molar-refractivity contribution in [1.82, 2.24) is 4.90 Å². The molecule has 0 bridgehead atoms. The number of hydrogen-bond donors (Lipinski definition) is 1. The number of carbonyl (C=O) groups excluding carboxylic acids is 1. The smallest absolute Gasteiger partial charge is 0.327 e. The molecule has 0 radical (unpaired) electrons. The predicted octanol–water partition coefficient (Wildman–Crippen LogP) is 1.85. The topological polar surface area (TPSA) is 101 Å². The van der Waals surface area contributed by atoms with Crippen LogP contribution in [0, 0.1) is 10.1 Å². The second kappa shape index (κ2) is 5.68. The number of carbonyl (C=O) groups is 2.